The smallest absolute Gasteiger partial charge is 0.328 e. The number of nitrogens with zero attached hydrogens (tertiary/aromatic N) is 1. The van der Waals surface area contributed by atoms with Gasteiger partial charge in [0.25, 0.3) is 5.91 Å². The van der Waals surface area contributed by atoms with Gasteiger partial charge in [-0.2, -0.15) is 0 Å². The molecule has 0 saturated heterocycles. The summed E-state index contributed by atoms with van der Waals surface area (Å²) in [6.07, 6.45) is 0. The summed E-state index contributed by atoms with van der Waals surface area (Å²) >= 11 is 1.45. The van der Waals surface area contributed by atoms with Crippen LogP contribution in [0.5, 0.6) is 11.5 Å². The first-order valence-electron chi connectivity index (χ1n) is 6.82. The Balaban J connectivity index is 2.09. The highest BCUT2D eigenvalue weighted by molar-refractivity contribution is 7.07. The van der Waals surface area contributed by atoms with Gasteiger partial charge in [0.2, 0.25) is 0 Å². The van der Waals surface area contributed by atoms with E-state index >= 15 is 0 Å². The summed E-state index contributed by atoms with van der Waals surface area (Å²) in [5.41, 5.74) is 2.58. The highest BCUT2D eigenvalue weighted by Gasteiger charge is 2.21. The molecule has 1 aromatic carbocycles. The number of methoxy groups -OCH3 is 1. The van der Waals surface area contributed by atoms with E-state index in [0.717, 1.165) is 5.69 Å². The highest BCUT2D eigenvalue weighted by atomic mass is 32.1. The maximum atomic E-state index is 12.6. The van der Waals surface area contributed by atoms with E-state index < -0.39 is 24.6 Å². The molecule has 0 aliphatic rings. The van der Waals surface area contributed by atoms with Crippen LogP contribution in [0.3, 0.4) is 0 Å². The number of hydrogen-bond acceptors (Lipinski definition) is 6. The molecule has 0 saturated carbocycles. The van der Waals surface area contributed by atoms with Crippen LogP contribution < -0.4 is 14.8 Å². The molecular weight excluding hydrogens is 339 g/mol. The Hall–Kier alpha value is -2.68. The molecule has 1 aromatic heterocycles. The van der Waals surface area contributed by atoms with Gasteiger partial charge < -0.3 is 19.9 Å². The number of halogens is 1. The molecular formula is C15H15FN2O5S. The fraction of sp³-hybridized carbons (Fsp3) is 0.267. The van der Waals surface area contributed by atoms with Crippen LogP contribution in [0.4, 0.5) is 4.39 Å². The number of carboxylic acid groups (broad SMARTS) is 1. The number of thiazole rings is 1. The third kappa shape index (κ3) is 4.42. The summed E-state index contributed by atoms with van der Waals surface area (Å²) in [5, 5.41) is 12.7. The van der Waals surface area contributed by atoms with Crippen LogP contribution in [-0.2, 0) is 11.4 Å². The second-order valence-corrected chi connectivity index (χ2v) is 5.37. The van der Waals surface area contributed by atoms with E-state index in [-0.39, 0.29) is 12.2 Å². The topological polar surface area (TPSA) is 97.8 Å². The van der Waals surface area contributed by atoms with Crippen LogP contribution >= 0.6 is 11.3 Å². The monoisotopic (exact) mass is 354 g/mol. The third-order valence-corrected chi connectivity index (χ3v) is 3.68. The van der Waals surface area contributed by atoms with Crippen LogP contribution in [0, 0.1) is 0 Å². The first kappa shape index (κ1) is 17.7. The molecule has 1 heterocycles. The van der Waals surface area contributed by atoms with Gasteiger partial charge in [-0.1, -0.05) is 0 Å². The highest BCUT2D eigenvalue weighted by Crippen LogP contribution is 2.28. The number of hydrogen-bond donors (Lipinski definition) is 2. The van der Waals surface area contributed by atoms with Crippen molar-refractivity contribution >= 4 is 23.2 Å². The van der Waals surface area contributed by atoms with Gasteiger partial charge in [-0.25, -0.2) is 14.2 Å². The van der Waals surface area contributed by atoms with E-state index in [0.29, 0.717) is 11.5 Å². The number of carboxylic acids is 1. The summed E-state index contributed by atoms with van der Waals surface area (Å²) in [7, 11) is 1.41. The van der Waals surface area contributed by atoms with Gasteiger partial charge in [-0.15, -0.1) is 11.3 Å². The largest absolute Gasteiger partial charge is 0.493 e. The maximum Gasteiger partial charge on any atom is 0.328 e. The first-order valence-corrected chi connectivity index (χ1v) is 7.77. The number of nitrogens with one attached hydrogen (secondary N) is 1. The lowest BCUT2D eigenvalue weighted by Crippen LogP contribution is -2.42. The maximum absolute atomic E-state index is 12.6. The van der Waals surface area contributed by atoms with Crippen molar-refractivity contribution in [1.82, 2.24) is 10.3 Å². The average Bonchev–Trinajstić information content (AvgIpc) is 3.10. The van der Waals surface area contributed by atoms with Gasteiger partial charge in [0.1, 0.15) is 13.3 Å². The van der Waals surface area contributed by atoms with E-state index in [4.69, 9.17) is 14.6 Å². The van der Waals surface area contributed by atoms with Gasteiger partial charge in [0.15, 0.2) is 17.5 Å². The molecule has 0 bridgehead atoms. The second kappa shape index (κ2) is 8.25. The molecule has 1 unspecified atom stereocenters. The molecule has 1 atom stereocenters. The summed E-state index contributed by atoms with van der Waals surface area (Å²) in [6.45, 7) is -0.957. The lowest BCUT2D eigenvalue weighted by Gasteiger charge is -2.13. The van der Waals surface area contributed by atoms with Gasteiger partial charge in [-0.05, 0) is 18.2 Å². The minimum Gasteiger partial charge on any atom is -0.493 e. The standard InChI is InChI=1S/C15H15FN2O5S/c1-22-13-4-9(14(19)18-11(5-16)15(20)21)2-3-12(13)23-6-10-7-24-8-17-10/h2-4,7-8,11H,5-6H2,1H3,(H,18,19)(H,20,21). The lowest BCUT2D eigenvalue weighted by molar-refractivity contribution is -0.139. The van der Waals surface area contributed by atoms with E-state index in [1.54, 1.807) is 5.51 Å². The number of benzene rings is 1. The SMILES string of the molecule is COc1cc(C(=O)NC(CF)C(=O)O)ccc1OCc1cscn1. The molecule has 0 fully saturated rings. The zero-order valence-corrected chi connectivity index (χ0v) is 13.5. The second-order valence-electron chi connectivity index (χ2n) is 4.65. The van der Waals surface area contributed by atoms with Crippen molar-refractivity contribution in [1.29, 1.82) is 0 Å². The molecule has 0 spiro atoms. The Bertz CT molecular complexity index is 708. The Morgan fingerprint density at radius 1 is 1.42 bits per heavy atom. The predicted octanol–water partition coefficient (Wildman–Crippen LogP) is 1.88. The fourth-order valence-corrected chi connectivity index (χ4v) is 2.34. The minimum absolute atomic E-state index is 0.132. The van der Waals surface area contributed by atoms with Crippen molar-refractivity contribution in [3.63, 3.8) is 0 Å². The Morgan fingerprint density at radius 2 is 2.21 bits per heavy atom. The molecule has 0 aliphatic heterocycles. The normalized spacial score (nSPS) is 11.6. The zero-order chi connectivity index (χ0) is 17.5. The van der Waals surface area contributed by atoms with E-state index in [1.165, 1.54) is 36.6 Å². The van der Waals surface area contributed by atoms with Crippen LogP contribution in [0.25, 0.3) is 0 Å². The number of rotatable bonds is 8. The molecule has 24 heavy (non-hydrogen) atoms. The summed E-state index contributed by atoms with van der Waals surface area (Å²) < 4.78 is 23.3. The zero-order valence-electron chi connectivity index (χ0n) is 12.7. The number of amides is 1. The number of alkyl halides is 1. The first-order chi connectivity index (χ1) is 11.5. The van der Waals surface area contributed by atoms with Gasteiger partial charge >= 0.3 is 5.97 Å². The molecule has 128 valence electrons. The van der Waals surface area contributed by atoms with E-state index in [9.17, 15) is 14.0 Å². The number of carbonyl (C=O) groups is 2. The molecule has 2 N–H and O–H groups in total. The van der Waals surface area contributed by atoms with Gasteiger partial charge in [0, 0.05) is 10.9 Å². The number of aromatic nitrogens is 1. The molecule has 7 nitrogen and oxygen atoms in total. The molecule has 2 aromatic rings. The van der Waals surface area contributed by atoms with Crippen molar-refractivity contribution in [3.05, 3.63) is 40.3 Å². The van der Waals surface area contributed by atoms with Crippen LogP contribution in [0.1, 0.15) is 16.1 Å². The number of ether oxygens (including phenoxy) is 2. The minimum atomic E-state index is -1.59. The predicted molar refractivity (Wildman–Crippen MR) is 84.3 cm³/mol. The van der Waals surface area contributed by atoms with Gasteiger partial charge in [-0.3, -0.25) is 4.79 Å². The van der Waals surface area contributed by atoms with Crippen molar-refractivity contribution in [2.24, 2.45) is 0 Å². The van der Waals surface area contributed by atoms with Crippen molar-refractivity contribution < 1.29 is 28.6 Å². The third-order valence-electron chi connectivity index (χ3n) is 3.04. The van der Waals surface area contributed by atoms with Crippen molar-refractivity contribution in [3.8, 4) is 11.5 Å². The Kier molecular flexibility index (Phi) is 6.07. The fourth-order valence-electron chi connectivity index (χ4n) is 1.80. The Labute approximate surface area is 141 Å². The van der Waals surface area contributed by atoms with Crippen LogP contribution in [0.15, 0.2) is 29.1 Å². The Morgan fingerprint density at radius 3 is 2.79 bits per heavy atom. The molecule has 0 radical (unpaired) electrons. The number of aliphatic carboxylic acids is 1. The summed E-state index contributed by atoms with van der Waals surface area (Å²) in [4.78, 5) is 26.9. The molecule has 2 rings (SSSR count). The average molecular weight is 354 g/mol. The van der Waals surface area contributed by atoms with E-state index in [2.05, 4.69) is 10.3 Å². The van der Waals surface area contributed by atoms with Gasteiger partial charge in [0.05, 0.1) is 18.3 Å². The van der Waals surface area contributed by atoms with E-state index in [1.807, 2.05) is 5.38 Å². The molecule has 1 amide bonds. The van der Waals surface area contributed by atoms with Crippen molar-refractivity contribution in [2.75, 3.05) is 13.8 Å². The molecule has 9 heteroatoms. The quantitative estimate of drug-likeness (QED) is 0.751. The lowest BCUT2D eigenvalue weighted by atomic mass is 10.1. The van der Waals surface area contributed by atoms with Crippen molar-refractivity contribution in [2.45, 2.75) is 12.6 Å². The van der Waals surface area contributed by atoms with Crippen LogP contribution in [-0.4, -0.2) is 41.8 Å². The van der Waals surface area contributed by atoms with Crippen LogP contribution in [0.2, 0.25) is 0 Å². The molecule has 0 aliphatic carbocycles. The summed E-state index contributed by atoms with van der Waals surface area (Å²) in [6, 6.07) is 2.75. The summed E-state index contributed by atoms with van der Waals surface area (Å²) in [5.74, 6) is -1.46. The number of carbonyl (C=O) groups excluding carboxylic acids is 1.